The van der Waals surface area contributed by atoms with Crippen LogP contribution in [0.25, 0.3) is 10.2 Å². The van der Waals surface area contributed by atoms with Crippen LogP contribution < -0.4 is 11.1 Å². The lowest BCUT2D eigenvalue weighted by molar-refractivity contribution is 0.103. The molecule has 3 N–H and O–H groups in total. The molecule has 3 aromatic rings. The molecule has 0 saturated carbocycles. The second kappa shape index (κ2) is 7.30. The first-order valence-electron chi connectivity index (χ1n) is 8.92. The van der Waals surface area contributed by atoms with Gasteiger partial charge >= 0.3 is 0 Å². The topological polar surface area (TPSA) is 68.0 Å². The first kappa shape index (κ1) is 18.5. The van der Waals surface area contributed by atoms with E-state index in [1.54, 1.807) is 18.2 Å². The maximum atomic E-state index is 12.8. The van der Waals surface area contributed by atoms with Gasteiger partial charge in [0.25, 0.3) is 5.91 Å². The van der Waals surface area contributed by atoms with Crippen molar-refractivity contribution < 1.29 is 4.79 Å². The third-order valence-corrected chi connectivity index (χ3v) is 6.64. The smallest absolute Gasteiger partial charge is 0.267 e. The van der Waals surface area contributed by atoms with E-state index in [4.69, 9.17) is 33.9 Å². The van der Waals surface area contributed by atoms with Crippen molar-refractivity contribution in [2.75, 3.05) is 11.1 Å². The molecule has 0 radical (unpaired) electrons. The van der Waals surface area contributed by atoms with E-state index in [1.807, 2.05) is 0 Å². The van der Waals surface area contributed by atoms with Gasteiger partial charge in [-0.1, -0.05) is 36.5 Å². The van der Waals surface area contributed by atoms with Gasteiger partial charge in [0.2, 0.25) is 0 Å². The van der Waals surface area contributed by atoms with Crippen LogP contribution in [-0.4, -0.2) is 10.9 Å². The number of anilines is 2. The van der Waals surface area contributed by atoms with Crippen LogP contribution in [0.5, 0.6) is 0 Å². The van der Waals surface area contributed by atoms with Crippen LogP contribution in [0.3, 0.4) is 0 Å². The Labute approximate surface area is 171 Å². The number of halogens is 2. The van der Waals surface area contributed by atoms with E-state index in [0.717, 1.165) is 28.8 Å². The number of fused-ring (bicyclic) bond motifs is 2. The van der Waals surface area contributed by atoms with Crippen molar-refractivity contribution in [3.8, 4) is 0 Å². The summed E-state index contributed by atoms with van der Waals surface area (Å²) in [6, 6.07) is 7.04. The second-order valence-corrected chi connectivity index (χ2v) is 8.79. The number of amides is 1. The lowest BCUT2D eigenvalue weighted by Gasteiger charge is -2.22. The molecular weight excluding hydrogens is 401 g/mol. The fourth-order valence-corrected chi connectivity index (χ4v) is 5.11. The van der Waals surface area contributed by atoms with Crippen molar-refractivity contribution >= 4 is 62.0 Å². The highest BCUT2D eigenvalue weighted by Gasteiger charge is 2.23. The fraction of sp³-hybridized carbons (Fsp3) is 0.300. The molecule has 0 fully saturated rings. The van der Waals surface area contributed by atoms with Gasteiger partial charge in [-0.2, -0.15) is 0 Å². The van der Waals surface area contributed by atoms with Crippen molar-refractivity contribution in [2.24, 2.45) is 5.92 Å². The number of nitrogens with zero attached hydrogens (tertiary/aromatic N) is 1. The quantitative estimate of drug-likeness (QED) is 0.550. The minimum absolute atomic E-state index is 0.279. The Balaban J connectivity index is 1.68. The normalized spacial score (nSPS) is 16.3. The lowest BCUT2D eigenvalue weighted by Crippen LogP contribution is -2.14. The van der Waals surface area contributed by atoms with E-state index in [0.29, 0.717) is 32.2 Å². The number of carbonyl (C=O) groups excluding carboxylic acids is 1. The Morgan fingerprint density at radius 2 is 2.04 bits per heavy atom. The molecule has 0 aliphatic heterocycles. The Bertz CT molecular complexity index is 1030. The Morgan fingerprint density at radius 3 is 2.74 bits per heavy atom. The van der Waals surface area contributed by atoms with E-state index >= 15 is 0 Å². The zero-order chi connectivity index (χ0) is 19.1. The molecule has 140 valence electrons. The average Bonchev–Trinajstić information content (AvgIpc) is 2.94. The summed E-state index contributed by atoms with van der Waals surface area (Å²) in [6.45, 7) is 2.23. The number of aryl methyl sites for hydroxylation is 1. The molecule has 0 saturated heterocycles. The number of hydrogen-bond donors (Lipinski definition) is 2. The Hall–Kier alpha value is -1.82. The van der Waals surface area contributed by atoms with Gasteiger partial charge in [0.15, 0.2) is 0 Å². The summed E-state index contributed by atoms with van der Waals surface area (Å²) in [5, 5.41) is 4.61. The first-order chi connectivity index (χ1) is 12.9. The molecule has 0 bridgehead atoms. The third kappa shape index (κ3) is 3.64. The predicted octanol–water partition coefficient (Wildman–Crippen LogP) is 5.95. The molecule has 4 nitrogen and oxygen atoms in total. The summed E-state index contributed by atoms with van der Waals surface area (Å²) >= 11 is 13.3. The van der Waals surface area contributed by atoms with Crippen LogP contribution in [0.2, 0.25) is 10.0 Å². The van der Waals surface area contributed by atoms with Crippen molar-refractivity contribution in [1.29, 1.82) is 0 Å². The molecule has 1 aromatic carbocycles. The molecule has 7 heteroatoms. The number of nitrogens with two attached hydrogens (primary N) is 1. The standard InChI is InChI=1S/C20H19Cl2N3OS/c1-2-10-3-4-16-11(5-10)6-15-17(23)18(27-20(15)25-16)19(26)24-14-8-12(21)7-13(22)9-14/h6-10H,2-5,23H2,1H3,(H,24,26). The highest BCUT2D eigenvalue weighted by molar-refractivity contribution is 7.21. The van der Waals surface area contributed by atoms with Gasteiger partial charge in [-0.05, 0) is 55.0 Å². The van der Waals surface area contributed by atoms with Crippen LogP contribution in [0, 0.1) is 5.92 Å². The maximum absolute atomic E-state index is 12.8. The number of thiophene rings is 1. The van der Waals surface area contributed by atoms with Gasteiger partial charge in [0.1, 0.15) is 9.71 Å². The molecule has 1 atom stereocenters. The summed E-state index contributed by atoms with van der Waals surface area (Å²) in [5.41, 5.74) is 9.73. The average molecular weight is 420 g/mol. The highest BCUT2D eigenvalue weighted by Crippen LogP contribution is 2.37. The van der Waals surface area contributed by atoms with Crippen molar-refractivity contribution in [3.63, 3.8) is 0 Å². The van der Waals surface area contributed by atoms with Crippen molar-refractivity contribution in [1.82, 2.24) is 4.98 Å². The zero-order valence-electron chi connectivity index (χ0n) is 14.8. The van der Waals surface area contributed by atoms with E-state index in [-0.39, 0.29) is 5.91 Å². The molecule has 2 aromatic heterocycles. The SMILES string of the molecule is CCC1CCc2nc3sc(C(=O)Nc4cc(Cl)cc(Cl)c4)c(N)c3cc2C1. The zero-order valence-corrected chi connectivity index (χ0v) is 17.1. The summed E-state index contributed by atoms with van der Waals surface area (Å²) in [5.74, 6) is 0.421. The number of benzene rings is 1. The van der Waals surface area contributed by atoms with Gasteiger partial charge in [-0.15, -0.1) is 11.3 Å². The number of hydrogen-bond acceptors (Lipinski definition) is 4. The van der Waals surface area contributed by atoms with Gasteiger partial charge in [0.05, 0.1) is 5.69 Å². The van der Waals surface area contributed by atoms with Crippen LogP contribution in [0.15, 0.2) is 24.3 Å². The highest BCUT2D eigenvalue weighted by atomic mass is 35.5. The summed E-state index contributed by atoms with van der Waals surface area (Å²) in [7, 11) is 0. The van der Waals surface area contributed by atoms with Gasteiger partial charge in [-0.3, -0.25) is 4.79 Å². The Kier molecular flexibility index (Phi) is 5.01. The minimum Gasteiger partial charge on any atom is -0.397 e. The predicted molar refractivity (Wildman–Crippen MR) is 114 cm³/mol. The first-order valence-corrected chi connectivity index (χ1v) is 10.5. The lowest BCUT2D eigenvalue weighted by atomic mass is 9.85. The number of pyridine rings is 1. The number of nitrogen functional groups attached to an aromatic ring is 1. The minimum atomic E-state index is -0.279. The third-order valence-electron chi connectivity index (χ3n) is 5.09. The van der Waals surface area contributed by atoms with Gasteiger partial charge in [-0.25, -0.2) is 4.98 Å². The molecule has 1 aliphatic carbocycles. The number of carbonyl (C=O) groups is 1. The van der Waals surface area contributed by atoms with Crippen molar-refractivity contribution in [2.45, 2.75) is 32.6 Å². The monoisotopic (exact) mass is 419 g/mol. The summed E-state index contributed by atoms with van der Waals surface area (Å²) < 4.78 is 0. The summed E-state index contributed by atoms with van der Waals surface area (Å²) in [6.07, 6.45) is 4.37. The molecule has 27 heavy (non-hydrogen) atoms. The molecule has 4 rings (SSSR count). The molecular formula is C20H19Cl2N3OS. The number of aromatic nitrogens is 1. The molecule has 1 unspecified atom stereocenters. The van der Waals surface area contributed by atoms with Crippen LogP contribution in [0.1, 0.15) is 40.7 Å². The molecule has 1 aliphatic rings. The second-order valence-electron chi connectivity index (χ2n) is 6.92. The molecule has 2 heterocycles. The molecule has 1 amide bonds. The fourth-order valence-electron chi connectivity index (χ4n) is 3.60. The molecule has 0 spiro atoms. The summed E-state index contributed by atoms with van der Waals surface area (Å²) in [4.78, 5) is 18.8. The van der Waals surface area contributed by atoms with E-state index in [1.165, 1.54) is 29.7 Å². The maximum Gasteiger partial charge on any atom is 0.267 e. The van der Waals surface area contributed by atoms with Gasteiger partial charge < -0.3 is 11.1 Å². The number of rotatable bonds is 3. The van der Waals surface area contributed by atoms with Crippen LogP contribution >= 0.6 is 34.5 Å². The van der Waals surface area contributed by atoms with Gasteiger partial charge in [0, 0.05) is 26.8 Å². The van der Waals surface area contributed by atoms with Crippen molar-refractivity contribution in [3.05, 3.63) is 50.4 Å². The Morgan fingerprint density at radius 1 is 1.30 bits per heavy atom. The van der Waals surface area contributed by atoms with E-state index in [9.17, 15) is 4.79 Å². The van der Waals surface area contributed by atoms with E-state index in [2.05, 4.69) is 18.3 Å². The van der Waals surface area contributed by atoms with E-state index < -0.39 is 0 Å². The largest absolute Gasteiger partial charge is 0.397 e. The van der Waals surface area contributed by atoms with Crippen LogP contribution in [0.4, 0.5) is 11.4 Å². The van der Waals surface area contributed by atoms with Crippen LogP contribution in [-0.2, 0) is 12.8 Å². The number of nitrogens with one attached hydrogen (secondary N) is 1.